The van der Waals surface area contributed by atoms with Gasteiger partial charge in [0, 0.05) is 5.54 Å². The van der Waals surface area contributed by atoms with E-state index < -0.39 is 15.6 Å². The van der Waals surface area contributed by atoms with Crippen molar-refractivity contribution in [3.63, 3.8) is 0 Å². The summed E-state index contributed by atoms with van der Waals surface area (Å²) in [5.41, 5.74) is 0.419. The summed E-state index contributed by atoms with van der Waals surface area (Å²) in [4.78, 5) is 3.95. The van der Waals surface area contributed by atoms with Crippen molar-refractivity contribution >= 4 is 21.1 Å². The Morgan fingerprint density at radius 3 is 2.47 bits per heavy atom. The first kappa shape index (κ1) is 12.1. The van der Waals surface area contributed by atoms with Crippen LogP contribution in [0.25, 0.3) is 11.1 Å². The van der Waals surface area contributed by atoms with Crippen molar-refractivity contribution in [2.45, 2.75) is 31.5 Å². The van der Waals surface area contributed by atoms with Crippen LogP contribution in [-0.2, 0) is 10.0 Å². The lowest BCUT2D eigenvalue weighted by atomic mass is 10.1. The van der Waals surface area contributed by atoms with Gasteiger partial charge in [-0.05, 0) is 32.9 Å². The highest BCUT2D eigenvalue weighted by atomic mass is 32.2. The summed E-state index contributed by atoms with van der Waals surface area (Å²) >= 11 is 0. The lowest BCUT2D eigenvalue weighted by Crippen LogP contribution is -2.40. The highest BCUT2D eigenvalue weighted by molar-refractivity contribution is 7.89. The van der Waals surface area contributed by atoms with Gasteiger partial charge in [-0.25, -0.2) is 13.1 Å². The third-order valence-electron chi connectivity index (χ3n) is 1.94. The molecule has 2 rings (SSSR count). The van der Waals surface area contributed by atoms with Gasteiger partial charge in [-0.3, -0.25) is 0 Å². The summed E-state index contributed by atoms with van der Waals surface area (Å²) in [6, 6.07) is 6.92. The van der Waals surface area contributed by atoms with Crippen LogP contribution in [0.1, 0.15) is 20.8 Å². The molecule has 0 saturated heterocycles. The Morgan fingerprint density at radius 1 is 1.24 bits per heavy atom. The fraction of sp³-hybridized carbons (Fsp3) is 0.364. The van der Waals surface area contributed by atoms with Crippen molar-refractivity contribution in [1.82, 2.24) is 9.71 Å². The SMILES string of the molecule is CC(C)(C)NS(=O)(=O)c1nc2ccccc2o1. The predicted octanol–water partition coefficient (Wildman–Crippen LogP) is 1.90. The normalized spacial score (nSPS) is 13.1. The summed E-state index contributed by atoms with van der Waals surface area (Å²) in [6.45, 7) is 5.27. The number of nitrogens with one attached hydrogen (secondary N) is 1. The number of hydrogen-bond donors (Lipinski definition) is 1. The fourth-order valence-electron chi connectivity index (χ4n) is 1.41. The molecule has 0 radical (unpaired) electrons. The molecular weight excluding hydrogens is 240 g/mol. The number of oxazole rings is 1. The van der Waals surface area contributed by atoms with Gasteiger partial charge in [0.25, 0.3) is 10.0 Å². The average Bonchev–Trinajstić information content (AvgIpc) is 2.57. The minimum atomic E-state index is -3.71. The lowest BCUT2D eigenvalue weighted by molar-refractivity contribution is 0.432. The summed E-state index contributed by atoms with van der Waals surface area (Å²) in [7, 11) is -3.71. The second kappa shape index (κ2) is 3.82. The van der Waals surface area contributed by atoms with E-state index in [2.05, 4.69) is 9.71 Å². The predicted molar refractivity (Wildman–Crippen MR) is 64.1 cm³/mol. The second-order valence-corrected chi connectivity index (χ2v) is 6.36. The van der Waals surface area contributed by atoms with Crippen molar-refractivity contribution in [2.75, 3.05) is 0 Å². The van der Waals surface area contributed by atoms with Crippen LogP contribution in [-0.4, -0.2) is 18.9 Å². The molecule has 92 valence electrons. The number of sulfonamides is 1. The number of para-hydroxylation sites is 2. The minimum Gasteiger partial charge on any atom is -0.427 e. The third-order valence-corrected chi connectivity index (χ3v) is 3.46. The van der Waals surface area contributed by atoms with Gasteiger partial charge in [0.2, 0.25) is 0 Å². The van der Waals surface area contributed by atoms with E-state index >= 15 is 0 Å². The molecule has 2 aromatic rings. The summed E-state index contributed by atoms with van der Waals surface area (Å²) in [5.74, 6) is 0. The molecule has 0 atom stereocenters. The third kappa shape index (κ3) is 2.65. The monoisotopic (exact) mass is 254 g/mol. The Balaban J connectivity index is 2.46. The van der Waals surface area contributed by atoms with E-state index in [1.807, 2.05) is 0 Å². The van der Waals surface area contributed by atoms with Gasteiger partial charge in [-0.1, -0.05) is 12.1 Å². The number of rotatable bonds is 2. The molecule has 0 fully saturated rings. The molecule has 0 spiro atoms. The number of aromatic nitrogens is 1. The number of nitrogens with zero attached hydrogens (tertiary/aromatic N) is 1. The largest absolute Gasteiger partial charge is 0.427 e. The molecule has 0 aliphatic heterocycles. The Morgan fingerprint density at radius 2 is 1.88 bits per heavy atom. The molecule has 0 aliphatic carbocycles. The van der Waals surface area contributed by atoms with Crippen LogP contribution in [0.15, 0.2) is 33.9 Å². The van der Waals surface area contributed by atoms with E-state index in [9.17, 15) is 8.42 Å². The molecule has 17 heavy (non-hydrogen) atoms. The summed E-state index contributed by atoms with van der Waals surface area (Å²) < 4.78 is 31.6. The highest BCUT2D eigenvalue weighted by Crippen LogP contribution is 2.19. The number of hydrogen-bond acceptors (Lipinski definition) is 4. The van der Waals surface area contributed by atoms with Crippen LogP contribution in [0.2, 0.25) is 0 Å². The summed E-state index contributed by atoms with van der Waals surface area (Å²) in [5, 5.41) is -0.298. The van der Waals surface area contributed by atoms with Gasteiger partial charge in [0.15, 0.2) is 5.58 Å². The van der Waals surface area contributed by atoms with Crippen molar-refractivity contribution < 1.29 is 12.8 Å². The Hall–Kier alpha value is -1.40. The fourth-order valence-corrected chi connectivity index (χ4v) is 2.72. The van der Waals surface area contributed by atoms with Gasteiger partial charge in [-0.15, -0.1) is 0 Å². The first-order valence-corrected chi connectivity index (χ1v) is 6.66. The molecule has 1 aromatic heterocycles. The Labute approximate surface area is 99.9 Å². The zero-order valence-corrected chi connectivity index (χ0v) is 10.7. The van der Waals surface area contributed by atoms with E-state index in [1.165, 1.54) is 0 Å². The molecule has 6 heteroatoms. The van der Waals surface area contributed by atoms with E-state index in [1.54, 1.807) is 45.0 Å². The molecule has 1 N–H and O–H groups in total. The topological polar surface area (TPSA) is 72.2 Å². The summed E-state index contributed by atoms with van der Waals surface area (Å²) in [6.07, 6.45) is 0. The molecule has 5 nitrogen and oxygen atoms in total. The van der Waals surface area contributed by atoms with Gasteiger partial charge < -0.3 is 4.42 Å². The number of benzene rings is 1. The first-order chi connectivity index (χ1) is 7.78. The van der Waals surface area contributed by atoms with Crippen molar-refractivity contribution in [3.8, 4) is 0 Å². The highest BCUT2D eigenvalue weighted by Gasteiger charge is 2.26. The molecule has 0 amide bonds. The molecule has 1 heterocycles. The number of fused-ring (bicyclic) bond motifs is 1. The van der Waals surface area contributed by atoms with Gasteiger partial charge in [0.1, 0.15) is 5.52 Å². The molecule has 0 unspecified atom stereocenters. The zero-order valence-electron chi connectivity index (χ0n) is 9.89. The van der Waals surface area contributed by atoms with Crippen LogP contribution in [0.3, 0.4) is 0 Å². The second-order valence-electron chi connectivity index (χ2n) is 4.80. The van der Waals surface area contributed by atoms with Crippen LogP contribution < -0.4 is 4.72 Å². The minimum absolute atomic E-state index is 0.298. The van der Waals surface area contributed by atoms with E-state index in [0.717, 1.165) is 0 Å². The van der Waals surface area contributed by atoms with Crippen molar-refractivity contribution in [1.29, 1.82) is 0 Å². The van der Waals surface area contributed by atoms with Crippen LogP contribution in [0.4, 0.5) is 0 Å². The quantitative estimate of drug-likeness (QED) is 0.888. The zero-order chi connectivity index (χ0) is 12.7. The standard InChI is InChI=1S/C11H14N2O3S/c1-11(2,3)13-17(14,15)10-12-8-6-4-5-7-9(8)16-10/h4-7,13H,1-3H3. The maximum Gasteiger partial charge on any atom is 0.331 e. The molecule has 0 saturated carbocycles. The van der Waals surface area contributed by atoms with Gasteiger partial charge in [0.05, 0.1) is 0 Å². The molecule has 0 bridgehead atoms. The van der Waals surface area contributed by atoms with E-state index in [-0.39, 0.29) is 5.22 Å². The van der Waals surface area contributed by atoms with Crippen molar-refractivity contribution in [2.24, 2.45) is 0 Å². The Kier molecular flexibility index (Phi) is 2.71. The Bertz CT molecular complexity index is 605. The lowest BCUT2D eigenvalue weighted by Gasteiger charge is -2.18. The van der Waals surface area contributed by atoms with E-state index in [4.69, 9.17) is 4.42 Å². The van der Waals surface area contributed by atoms with E-state index in [0.29, 0.717) is 11.1 Å². The molecule has 1 aromatic carbocycles. The average molecular weight is 254 g/mol. The maximum atomic E-state index is 12.0. The van der Waals surface area contributed by atoms with Gasteiger partial charge >= 0.3 is 5.22 Å². The molecular formula is C11H14N2O3S. The van der Waals surface area contributed by atoms with Crippen molar-refractivity contribution in [3.05, 3.63) is 24.3 Å². The molecule has 0 aliphatic rings. The smallest absolute Gasteiger partial charge is 0.331 e. The van der Waals surface area contributed by atoms with Gasteiger partial charge in [-0.2, -0.15) is 4.98 Å². The first-order valence-electron chi connectivity index (χ1n) is 5.17. The van der Waals surface area contributed by atoms with Crippen LogP contribution in [0, 0.1) is 0 Å². The maximum absolute atomic E-state index is 12.0. The van der Waals surface area contributed by atoms with Crippen LogP contribution >= 0.6 is 0 Å². The van der Waals surface area contributed by atoms with Crippen LogP contribution in [0.5, 0.6) is 0 Å².